The minimum absolute atomic E-state index is 0. The van der Waals surface area contributed by atoms with Crippen LogP contribution in [0.25, 0.3) is 0 Å². The molecule has 0 aliphatic heterocycles. The van der Waals surface area contributed by atoms with Crippen molar-refractivity contribution in [2.75, 3.05) is 20.7 Å². The quantitative estimate of drug-likeness (QED) is 0.240. The van der Waals surface area contributed by atoms with Crippen molar-refractivity contribution in [2.45, 2.75) is 51.8 Å². The number of rotatable bonds is 9. The predicted molar refractivity (Wildman–Crippen MR) is 143 cm³/mol. The summed E-state index contributed by atoms with van der Waals surface area (Å²) >= 11 is 0. The van der Waals surface area contributed by atoms with E-state index in [9.17, 15) is 4.79 Å². The second kappa shape index (κ2) is 13.9. The van der Waals surface area contributed by atoms with E-state index in [4.69, 9.17) is 9.47 Å². The smallest absolute Gasteiger partial charge is 0.251 e. The van der Waals surface area contributed by atoms with Crippen molar-refractivity contribution in [2.24, 2.45) is 4.99 Å². The lowest BCUT2D eigenvalue weighted by Gasteiger charge is -2.20. The Kier molecular flexibility index (Phi) is 11.3. The fourth-order valence-corrected chi connectivity index (χ4v) is 3.79. The third kappa shape index (κ3) is 7.80. The van der Waals surface area contributed by atoms with Gasteiger partial charge in [-0.2, -0.15) is 0 Å². The number of methoxy groups -OCH3 is 1. The van der Waals surface area contributed by atoms with E-state index >= 15 is 0 Å². The van der Waals surface area contributed by atoms with Crippen molar-refractivity contribution in [1.29, 1.82) is 0 Å². The van der Waals surface area contributed by atoms with E-state index in [2.05, 4.69) is 20.9 Å². The van der Waals surface area contributed by atoms with E-state index in [0.29, 0.717) is 31.2 Å². The molecule has 2 aromatic carbocycles. The molecule has 33 heavy (non-hydrogen) atoms. The zero-order valence-electron chi connectivity index (χ0n) is 19.6. The number of carbonyl (C=O) groups is 1. The second-order valence-corrected chi connectivity index (χ2v) is 7.81. The lowest BCUT2D eigenvalue weighted by Crippen LogP contribution is -2.36. The van der Waals surface area contributed by atoms with Crippen LogP contribution in [0, 0.1) is 0 Å². The number of guanidine groups is 1. The number of aliphatic imine (C=N–C) groups is 1. The topological polar surface area (TPSA) is 84.0 Å². The molecular formula is C25H35IN4O3. The molecule has 1 aliphatic carbocycles. The first-order valence-corrected chi connectivity index (χ1v) is 11.3. The number of nitrogens with one attached hydrogen (secondary N) is 3. The highest BCUT2D eigenvalue weighted by Crippen LogP contribution is 2.34. The fraction of sp³-hybridized carbons (Fsp3) is 0.440. The van der Waals surface area contributed by atoms with Crippen LogP contribution in [0.1, 0.15) is 54.1 Å². The summed E-state index contributed by atoms with van der Waals surface area (Å²) in [6.07, 6.45) is 4.87. The van der Waals surface area contributed by atoms with Gasteiger partial charge in [0, 0.05) is 37.8 Å². The van der Waals surface area contributed by atoms with Gasteiger partial charge in [0.15, 0.2) is 17.5 Å². The van der Waals surface area contributed by atoms with Gasteiger partial charge in [-0.1, -0.05) is 24.3 Å². The molecule has 3 N–H and O–H groups in total. The van der Waals surface area contributed by atoms with Crippen molar-refractivity contribution >= 4 is 35.8 Å². The normalized spacial score (nSPS) is 13.7. The van der Waals surface area contributed by atoms with E-state index in [0.717, 1.165) is 35.5 Å². The third-order valence-electron chi connectivity index (χ3n) is 5.55. The summed E-state index contributed by atoms with van der Waals surface area (Å²) in [5.74, 6) is 2.20. The molecular weight excluding hydrogens is 531 g/mol. The SMILES string of the molecule is CCNC(=O)c1ccc(CNC(=NC)NCc2cccc(OC)c2OC2CCCC2)cc1.I. The maximum Gasteiger partial charge on any atom is 0.251 e. The van der Waals surface area contributed by atoms with Gasteiger partial charge in [0.05, 0.1) is 13.2 Å². The third-order valence-corrected chi connectivity index (χ3v) is 5.55. The van der Waals surface area contributed by atoms with Gasteiger partial charge < -0.3 is 25.4 Å². The predicted octanol–water partition coefficient (Wildman–Crippen LogP) is 4.25. The average molecular weight is 566 g/mol. The largest absolute Gasteiger partial charge is 0.493 e. The Morgan fingerprint density at radius 2 is 1.73 bits per heavy atom. The van der Waals surface area contributed by atoms with Gasteiger partial charge >= 0.3 is 0 Å². The van der Waals surface area contributed by atoms with Crippen LogP contribution in [0.3, 0.4) is 0 Å². The van der Waals surface area contributed by atoms with Gasteiger partial charge in [-0.25, -0.2) is 0 Å². The highest BCUT2D eigenvalue weighted by atomic mass is 127. The van der Waals surface area contributed by atoms with Crippen LogP contribution in [0.2, 0.25) is 0 Å². The molecule has 7 nitrogen and oxygen atoms in total. The first-order chi connectivity index (χ1) is 15.6. The Labute approximate surface area is 213 Å². The van der Waals surface area contributed by atoms with Crippen molar-refractivity contribution in [3.63, 3.8) is 0 Å². The van der Waals surface area contributed by atoms with E-state index in [-0.39, 0.29) is 36.0 Å². The van der Waals surface area contributed by atoms with Crippen LogP contribution in [-0.2, 0) is 13.1 Å². The summed E-state index contributed by atoms with van der Waals surface area (Å²) in [5, 5.41) is 9.48. The Morgan fingerprint density at radius 1 is 1.03 bits per heavy atom. The lowest BCUT2D eigenvalue weighted by atomic mass is 10.1. The molecule has 1 amide bonds. The molecule has 1 aliphatic rings. The number of hydrogen-bond donors (Lipinski definition) is 3. The van der Waals surface area contributed by atoms with E-state index in [1.54, 1.807) is 14.2 Å². The molecule has 0 spiro atoms. The standard InChI is InChI=1S/C25H34N4O3.HI/c1-4-27-24(30)19-14-12-18(13-15-19)16-28-25(26-2)29-17-20-8-7-11-22(31-3)23(20)32-21-9-5-6-10-21;/h7-8,11-15,21H,4-6,9-10,16-17H2,1-3H3,(H,27,30)(H2,26,28,29);1H. The van der Waals surface area contributed by atoms with Crippen molar-refractivity contribution in [3.8, 4) is 11.5 Å². The number of benzene rings is 2. The number of hydrogen-bond acceptors (Lipinski definition) is 4. The molecule has 0 unspecified atom stereocenters. The molecule has 0 radical (unpaired) electrons. The van der Waals surface area contributed by atoms with Crippen molar-refractivity contribution < 1.29 is 14.3 Å². The maximum absolute atomic E-state index is 11.9. The number of para-hydroxylation sites is 1. The molecule has 0 heterocycles. The number of halogens is 1. The zero-order valence-corrected chi connectivity index (χ0v) is 22.0. The Hall–Kier alpha value is -2.49. The monoisotopic (exact) mass is 566 g/mol. The van der Waals surface area contributed by atoms with Crippen LogP contribution in [-0.4, -0.2) is 38.7 Å². The molecule has 0 bridgehead atoms. The molecule has 0 atom stereocenters. The van der Waals surface area contributed by atoms with Gasteiger partial charge in [-0.05, 0) is 56.4 Å². The number of ether oxygens (including phenoxy) is 2. The average Bonchev–Trinajstić information content (AvgIpc) is 3.33. The Balaban J connectivity index is 0.00000385. The second-order valence-electron chi connectivity index (χ2n) is 7.81. The van der Waals surface area contributed by atoms with Gasteiger partial charge in [0.1, 0.15) is 0 Å². The lowest BCUT2D eigenvalue weighted by molar-refractivity contribution is 0.0956. The summed E-state index contributed by atoms with van der Waals surface area (Å²) in [7, 11) is 3.42. The minimum atomic E-state index is -0.0570. The van der Waals surface area contributed by atoms with E-state index < -0.39 is 0 Å². The molecule has 8 heteroatoms. The Morgan fingerprint density at radius 3 is 2.36 bits per heavy atom. The molecule has 180 valence electrons. The van der Waals surface area contributed by atoms with Crippen molar-refractivity contribution in [3.05, 3.63) is 59.2 Å². The Bertz CT molecular complexity index is 912. The van der Waals surface area contributed by atoms with Gasteiger partial charge in [-0.3, -0.25) is 9.79 Å². The molecule has 1 saturated carbocycles. The van der Waals surface area contributed by atoms with E-state index in [1.807, 2.05) is 49.4 Å². The maximum atomic E-state index is 11.9. The van der Waals surface area contributed by atoms with Gasteiger partial charge in [0.2, 0.25) is 0 Å². The molecule has 0 saturated heterocycles. The zero-order chi connectivity index (χ0) is 22.8. The van der Waals surface area contributed by atoms with Crippen LogP contribution in [0.4, 0.5) is 0 Å². The highest BCUT2D eigenvalue weighted by Gasteiger charge is 2.20. The summed E-state index contributed by atoms with van der Waals surface area (Å²) in [4.78, 5) is 16.2. The summed E-state index contributed by atoms with van der Waals surface area (Å²) in [5.41, 5.74) is 2.75. The summed E-state index contributed by atoms with van der Waals surface area (Å²) < 4.78 is 11.9. The molecule has 0 aromatic heterocycles. The summed E-state index contributed by atoms with van der Waals surface area (Å²) in [6.45, 7) is 3.68. The highest BCUT2D eigenvalue weighted by molar-refractivity contribution is 14.0. The van der Waals surface area contributed by atoms with Gasteiger partial charge in [0.25, 0.3) is 5.91 Å². The number of nitrogens with zero attached hydrogens (tertiary/aromatic N) is 1. The first kappa shape index (κ1) is 26.8. The number of amides is 1. The number of carbonyl (C=O) groups excluding carboxylic acids is 1. The fourth-order valence-electron chi connectivity index (χ4n) is 3.79. The van der Waals surface area contributed by atoms with Crippen LogP contribution in [0.5, 0.6) is 11.5 Å². The first-order valence-electron chi connectivity index (χ1n) is 11.3. The molecule has 1 fully saturated rings. The minimum Gasteiger partial charge on any atom is -0.493 e. The van der Waals surface area contributed by atoms with E-state index in [1.165, 1.54) is 12.8 Å². The van der Waals surface area contributed by atoms with Gasteiger partial charge in [-0.15, -0.1) is 24.0 Å². The van der Waals surface area contributed by atoms with Crippen LogP contribution in [0.15, 0.2) is 47.5 Å². The van der Waals surface area contributed by atoms with Crippen LogP contribution < -0.4 is 25.4 Å². The van der Waals surface area contributed by atoms with Crippen LogP contribution >= 0.6 is 24.0 Å². The molecule has 3 rings (SSSR count). The molecule has 2 aromatic rings. The summed E-state index contributed by atoms with van der Waals surface area (Å²) in [6, 6.07) is 13.5. The van der Waals surface area contributed by atoms with Crippen molar-refractivity contribution in [1.82, 2.24) is 16.0 Å².